The standard InChI is InChI=1S/C11H16BrNOS/c1-3-10(13)8(2)15(14)11-7-5-4-6-9(11)12/h4-8,10H,3,13H2,1-2H3. The van der Waals surface area contributed by atoms with E-state index in [1.165, 1.54) is 0 Å². The Morgan fingerprint density at radius 1 is 1.47 bits per heavy atom. The van der Waals surface area contributed by atoms with Crippen LogP contribution < -0.4 is 5.73 Å². The molecule has 0 aliphatic carbocycles. The van der Waals surface area contributed by atoms with Gasteiger partial charge >= 0.3 is 0 Å². The van der Waals surface area contributed by atoms with Crippen molar-refractivity contribution in [1.29, 1.82) is 0 Å². The van der Waals surface area contributed by atoms with Crippen LogP contribution in [-0.4, -0.2) is 15.5 Å². The molecular weight excluding hydrogens is 274 g/mol. The SMILES string of the molecule is CCC(N)C(C)S(=O)c1ccccc1Br. The first-order chi connectivity index (χ1) is 7.07. The van der Waals surface area contributed by atoms with Crippen molar-refractivity contribution in [2.24, 2.45) is 5.73 Å². The normalized spacial score (nSPS) is 17.1. The summed E-state index contributed by atoms with van der Waals surface area (Å²) in [6, 6.07) is 7.56. The van der Waals surface area contributed by atoms with Gasteiger partial charge < -0.3 is 5.73 Å². The number of benzene rings is 1. The van der Waals surface area contributed by atoms with E-state index in [0.717, 1.165) is 15.8 Å². The summed E-state index contributed by atoms with van der Waals surface area (Å²) in [5.74, 6) is 0. The molecule has 0 fully saturated rings. The maximum atomic E-state index is 12.2. The maximum Gasteiger partial charge on any atom is 0.0585 e. The molecule has 15 heavy (non-hydrogen) atoms. The van der Waals surface area contributed by atoms with Crippen LogP contribution in [0.1, 0.15) is 20.3 Å². The lowest BCUT2D eigenvalue weighted by molar-refractivity contribution is 0.610. The highest BCUT2D eigenvalue weighted by Gasteiger charge is 2.20. The second-order valence-corrected chi connectivity index (χ2v) is 6.14. The van der Waals surface area contributed by atoms with Crippen molar-refractivity contribution in [3.05, 3.63) is 28.7 Å². The number of nitrogens with two attached hydrogens (primary N) is 1. The van der Waals surface area contributed by atoms with Crippen molar-refractivity contribution in [2.45, 2.75) is 36.5 Å². The largest absolute Gasteiger partial charge is 0.327 e. The Labute approximate surface area is 102 Å². The summed E-state index contributed by atoms with van der Waals surface area (Å²) >= 11 is 3.40. The van der Waals surface area contributed by atoms with Gasteiger partial charge in [-0.1, -0.05) is 19.1 Å². The molecule has 2 N–H and O–H groups in total. The molecule has 0 bridgehead atoms. The first-order valence-corrected chi connectivity index (χ1v) is 6.99. The van der Waals surface area contributed by atoms with Gasteiger partial charge in [-0.15, -0.1) is 0 Å². The van der Waals surface area contributed by atoms with E-state index in [1.54, 1.807) is 0 Å². The van der Waals surface area contributed by atoms with Crippen LogP contribution in [0, 0.1) is 0 Å². The minimum absolute atomic E-state index is 0.0158. The summed E-state index contributed by atoms with van der Waals surface area (Å²) in [4.78, 5) is 0.828. The molecule has 3 unspecified atom stereocenters. The highest BCUT2D eigenvalue weighted by atomic mass is 79.9. The number of rotatable bonds is 4. The molecule has 0 saturated carbocycles. The minimum Gasteiger partial charge on any atom is -0.327 e. The molecule has 2 nitrogen and oxygen atoms in total. The number of hydrogen-bond donors (Lipinski definition) is 1. The third-order valence-corrected chi connectivity index (χ3v) is 5.23. The molecule has 1 rings (SSSR count). The van der Waals surface area contributed by atoms with Crippen LogP contribution in [-0.2, 0) is 10.8 Å². The zero-order valence-corrected chi connectivity index (χ0v) is 11.3. The Bertz CT molecular complexity index is 356. The molecule has 4 heteroatoms. The third kappa shape index (κ3) is 3.13. The number of hydrogen-bond acceptors (Lipinski definition) is 2. The molecule has 0 radical (unpaired) electrons. The van der Waals surface area contributed by atoms with Gasteiger partial charge in [0.05, 0.1) is 20.9 Å². The average Bonchev–Trinajstić information content (AvgIpc) is 2.26. The molecule has 0 aliphatic heterocycles. The van der Waals surface area contributed by atoms with Gasteiger partial charge in [0.15, 0.2) is 0 Å². The second-order valence-electron chi connectivity index (χ2n) is 3.51. The van der Waals surface area contributed by atoms with Gasteiger partial charge in [0.1, 0.15) is 0 Å². The zero-order chi connectivity index (χ0) is 11.4. The zero-order valence-electron chi connectivity index (χ0n) is 8.94. The van der Waals surface area contributed by atoms with Crippen molar-refractivity contribution in [3.63, 3.8) is 0 Å². The number of halogens is 1. The summed E-state index contributed by atoms with van der Waals surface area (Å²) in [5.41, 5.74) is 5.90. The van der Waals surface area contributed by atoms with Gasteiger partial charge in [0.2, 0.25) is 0 Å². The van der Waals surface area contributed by atoms with Crippen molar-refractivity contribution in [3.8, 4) is 0 Å². The third-order valence-electron chi connectivity index (χ3n) is 2.47. The molecule has 0 aliphatic rings. The van der Waals surface area contributed by atoms with Gasteiger partial charge in [-0.25, -0.2) is 0 Å². The van der Waals surface area contributed by atoms with E-state index in [-0.39, 0.29) is 11.3 Å². The van der Waals surface area contributed by atoms with Gasteiger partial charge in [-0.3, -0.25) is 4.21 Å². The minimum atomic E-state index is -1.04. The van der Waals surface area contributed by atoms with Crippen LogP contribution in [0.15, 0.2) is 33.6 Å². The summed E-state index contributed by atoms with van der Waals surface area (Å²) in [5, 5.41) is -0.0197. The van der Waals surface area contributed by atoms with Crippen LogP contribution in [0.5, 0.6) is 0 Å². The molecule has 0 spiro atoms. The van der Waals surface area contributed by atoms with E-state index in [0.29, 0.717) is 0 Å². The predicted octanol–water partition coefficient (Wildman–Crippen LogP) is 2.68. The van der Waals surface area contributed by atoms with E-state index >= 15 is 0 Å². The van der Waals surface area contributed by atoms with E-state index < -0.39 is 10.8 Å². The lowest BCUT2D eigenvalue weighted by Crippen LogP contribution is -2.35. The van der Waals surface area contributed by atoms with E-state index in [4.69, 9.17) is 5.73 Å². The first kappa shape index (κ1) is 12.9. The molecule has 1 aromatic rings. The fourth-order valence-corrected chi connectivity index (χ4v) is 3.45. The Kier molecular flexibility index (Phi) is 4.96. The highest BCUT2D eigenvalue weighted by molar-refractivity contribution is 9.10. The maximum absolute atomic E-state index is 12.2. The molecule has 84 valence electrons. The Balaban J connectivity index is 2.90. The highest BCUT2D eigenvalue weighted by Crippen LogP contribution is 2.23. The molecule has 3 atom stereocenters. The van der Waals surface area contributed by atoms with Crippen molar-refractivity contribution >= 4 is 26.7 Å². The molecule has 0 amide bonds. The summed E-state index contributed by atoms with van der Waals surface area (Å²) in [6.07, 6.45) is 0.845. The second kappa shape index (κ2) is 5.77. The van der Waals surface area contributed by atoms with Crippen molar-refractivity contribution < 1.29 is 4.21 Å². The van der Waals surface area contributed by atoms with Crippen LogP contribution in [0.2, 0.25) is 0 Å². The van der Waals surface area contributed by atoms with Crippen LogP contribution in [0.3, 0.4) is 0 Å². The smallest absolute Gasteiger partial charge is 0.0585 e. The van der Waals surface area contributed by atoms with E-state index in [1.807, 2.05) is 38.1 Å². The summed E-state index contributed by atoms with van der Waals surface area (Å²) in [6.45, 7) is 3.95. The van der Waals surface area contributed by atoms with Gasteiger partial charge in [0, 0.05) is 10.5 Å². The molecule has 0 saturated heterocycles. The lowest BCUT2D eigenvalue weighted by Gasteiger charge is -2.18. The van der Waals surface area contributed by atoms with Crippen LogP contribution >= 0.6 is 15.9 Å². The molecule has 0 heterocycles. The summed E-state index contributed by atoms with van der Waals surface area (Å²) < 4.78 is 13.1. The quantitative estimate of drug-likeness (QED) is 0.926. The molecule has 1 aromatic carbocycles. The van der Waals surface area contributed by atoms with Gasteiger partial charge in [-0.2, -0.15) is 0 Å². The van der Waals surface area contributed by atoms with Gasteiger partial charge in [0.25, 0.3) is 0 Å². The van der Waals surface area contributed by atoms with Crippen LogP contribution in [0.25, 0.3) is 0 Å². The topological polar surface area (TPSA) is 43.1 Å². The first-order valence-electron chi connectivity index (χ1n) is 4.98. The Hall–Kier alpha value is -0.190. The Morgan fingerprint density at radius 3 is 2.60 bits per heavy atom. The summed E-state index contributed by atoms with van der Waals surface area (Å²) in [7, 11) is -1.04. The van der Waals surface area contributed by atoms with Crippen molar-refractivity contribution in [2.75, 3.05) is 0 Å². The molecular formula is C11H16BrNOS. The van der Waals surface area contributed by atoms with E-state index in [2.05, 4.69) is 15.9 Å². The monoisotopic (exact) mass is 289 g/mol. The fraction of sp³-hybridized carbons (Fsp3) is 0.455. The lowest BCUT2D eigenvalue weighted by atomic mass is 10.2. The fourth-order valence-electron chi connectivity index (χ4n) is 1.30. The van der Waals surface area contributed by atoms with Crippen molar-refractivity contribution in [1.82, 2.24) is 0 Å². The van der Waals surface area contributed by atoms with Crippen LogP contribution in [0.4, 0.5) is 0 Å². The predicted molar refractivity (Wildman–Crippen MR) is 68.3 cm³/mol. The molecule has 0 aromatic heterocycles. The average molecular weight is 290 g/mol. The Morgan fingerprint density at radius 2 is 2.07 bits per heavy atom. The van der Waals surface area contributed by atoms with Gasteiger partial charge in [-0.05, 0) is 41.4 Å². The van der Waals surface area contributed by atoms with E-state index in [9.17, 15) is 4.21 Å².